The van der Waals surface area contributed by atoms with E-state index in [0.717, 1.165) is 17.8 Å². The Hall–Kier alpha value is -1.02. The fourth-order valence-electron chi connectivity index (χ4n) is 0.765. The summed E-state index contributed by atoms with van der Waals surface area (Å²) in [6, 6.07) is 1.84. The Kier molecular flexibility index (Phi) is 3.11. The quantitative estimate of drug-likeness (QED) is 0.728. The van der Waals surface area contributed by atoms with Gasteiger partial charge in [0.25, 0.3) is 0 Å². The zero-order chi connectivity index (χ0) is 8.97. The minimum Gasteiger partial charge on any atom is -0.380 e. The number of anilines is 1. The summed E-state index contributed by atoms with van der Waals surface area (Å²) in [6.45, 7) is 6.48. The fourth-order valence-corrected chi connectivity index (χ4v) is 0.951. The van der Waals surface area contributed by atoms with Gasteiger partial charge in [-0.3, -0.25) is 4.98 Å². The van der Waals surface area contributed by atoms with E-state index in [1.807, 2.05) is 13.0 Å². The minimum atomic E-state index is 0.638. The fraction of sp³-hybridized carbons (Fsp3) is 0.222. The maximum absolute atomic E-state index is 5.85. The molecule has 0 fully saturated rings. The van der Waals surface area contributed by atoms with Gasteiger partial charge in [0, 0.05) is 18.9 Å². The summed E-state index contributed by atoms with van der Waals surface area (Å²) >= 11 is 5.85. The normalized spacial score (nSPS) is 9.50. The third-order valence-electron chi connectivity index (χ3n) is 1.35. The van der Waals surface area contributed by atoms with E-state index in [-0.39, 0.29) is 0 Å². The van der Waals surface area contributed by atoms with Crippen LogP contribution in [0.3, 0.4) is 0 Å². The second-order valence-corrected chi connectivity index (χ2v) is 3.07. The first kappa shape index (κ1) is 9.07. The molecule has 0 radical (unpaired) electrons. The Bertz CT molecular complexity index is 284. The summed E-state index contributed by atoms with van der Waals surface area (Å²) in [7, 11) is 0. The molecule has 1 aromatic heterocycles. The van der Waals surface area contributed by atoms with E-state index >= 15 is 0 Å². The number of hydrogen-bond donors (Lipinski definition) is 1. The van der Waals surface area contributed by atoms with Gasteiger partial charge in [0.15, 0.2) is 0 Å². The Morgan fingerprint density at radius 2 is 2.50 bits per heavy atom. The molecule has 1 aromatic rings. The van der Waals surface area contributed by atoms with Crippen molar-refractivity contribution in [2.75, 3.05) is 11.9 Å². The van der Waals surface area contributed by atoms with Crippen molar-refractivity contribution in [2.45, 2.75) is 6.92 Å². The van der Waals surface area contributed by atoms with Crippen LogP contribution in [0.25, 0.3) is 0 Å². The van der Waals surface area contributed by atoms with E-state index in [2.05, 4.69) is 16.9 Å². The van der Waals surface area contributed by atoms with Crippen molar-refractivity contribution < 1.29 is 0 Å². The molecular weight excluding hydrogens is 172 g/mol. The summed E-state index contributed by atoms with van der Waals surface area (Å²) < 4.78 is 0. The Balaban J connectivity index is 2.63. The third kappa shape index (κ3) is 2.55. The second-order valence-electron chi connectivity index (χ2n) is 2.67. The third-order valence-corrected chi connectivity index (χ3v) is 1.65. The Morgan fingerprint density at radius 3 is 3.08 bits per heavy atom. The number of rotatable bonds is 3. The molecule has 2 nitrogen and oxygen atoms in total. The predicted molar refractivity (Wildman–Crippen MR) is 52.6 cm³/mol. The molecule has 1 N–H and O–H groups in total. The van der Waals surface area contributed by atoms with Crippen LogP contribution in [0.15, 0.2) is 30.6 Å². The van der Waals surface area contributed by atoms with E-state index in [1.54, 1.807) is 12.4 Å². The molecule has 0 amide bonds. The Morgan fingerprint density at radius 1 is 1.75 bits per heavy atom. The highest BCUT2D eigenvalue weighted by Crippen LogP contribution is 2.18. The van der Waals surface area contributed by atoms with Crippen LogP contribution in [0.5, 0.6) is 0 Å². The Labute approximate surface area is 77.3 Å². The van der Waals surface area contributed by atoms with Crippen molar-refractivity contribution in [2.24, 2.45) is 0 Å². The van der Waals surface area contributed by atoms with E-state index in [9.17, 15) is 0 Å². The van der Waals surface area contributed by atoms with E-state index in [1.165, 1.54) is 0 Å². The van der Waals surface area contributed by atoms with Crippen LogP contribution in [0.1, 0.15) is 6.92 Å². The van der Waals surface area contributed by atoms with Gasteiger partial charge in [-0.05, 0) is 13.0 Å². The molecule has 1 heterocycles. The van der Waals surface area contributed by atoms with Crippen LogP contribution in [0.2, 0.25) is 5.02 Å². The first-order chi connectivity index (χ1) is 5.70. The highest BCUT2D eigenvalue weighted by Gasteiger charge is 1.96. The number of nitrogens with one attached hydrogen (secondary N) is 1. The lowest BCUT2D eigenvalue weighted by molar-refractivity contribution is 1.20. The number of halogens is 1. The summed E-state index contributed by atoms with van der Waals surface area (Å²) in [5.41, 5.74) is 1.97. The molecule has 64 valence electrons. The van der Waals surface area contributed by atoms with E-state index in [4.69, 9.17) is 11.6 Å². The lowest BCUT2D eigenvalue weighted by Gasteiger charge is -2.06. The van der Waals surface area contributed by atoms with Crippen LogP contribution in [0.4, 0.5) is 5.69 Å². The molecule has 0 aromatic carbocycles. The average molecular weight is 183 g/mol. The van der Waals surface area contributed by atoms with Crippen molar-refractivity contribution in [3.8, 4) is 0 Å². The van der Waals surface area contributed by atoms with Gasteiger partial charge in [0.1, 0.15) is 0 Å². The first-order valence-electron chi connectivity index (χ1n) is 3.68. The molecule has 0 aliphatic carbocycles. The van der Waals surface area contributed by atoms with Crippen LogP contribution >= 0.6 is 11.6 Å². The van der Waals surface area contributed by atoms with Gasteiger partial charge in [0.05, 0.1) is 10.7 Å². The van der Waals surface area contributed by atoms with Gasteiger partial charge in [0.2, 0.25) is 0 Å². The van der Waals surface area contributed by atoms with Gasteiger partial charge in [-0.2, -0.15) is 0 Å². The topological polar surface area (TPSA) is 24.9 Å². The highest BCUT2D eigenvalue weighted by atomic mass is 35.5. The number of pyridine rings is 1. The van der Waals surface area contributed by atoms with Crippen molar-refractivity contribution in [3.05, 3.63) is 35.6 Å². The lowest BCUT2D eigenvalue weighted by atomic mass is 10.3. The molecule has 0 aliphatic rings. The number of aromatic nitrogens is 1. The first-order valence-corrected chi connectivity index (χ1v) is 4.05. The second kappa shape index (κ2) is 4.12. The largest absolute Gasteiger partial charge is 0.380 e. The van der Waals surface area contributed by atoms with Crippen molar-refractivity contribution in [1.29, 1.82) is 0 Å². The average Bonchev–Trinajstić information content (AvgIpc) is 2.03. The molecule has 12 heavy (non-hydrogen) atoms. The van der Waals surface area contributed by atoms with Gasteiger partial charge in [-0.15, -0.1) is 0 Å². The smallest absolute Gasteiger partial charge is 0.0820 e. The zero-order valence-corrected chi connectivity index (χ0v) is 7.73. The summed E-state index contributed by atoms with van der Waals surface area (Å²) in [5.74, 6) is 0. The molecule has 0 saturated carbocycles. The van der Waals surface area contributed by atoms with E-state index in [0.29, 0.717) is 5.02 Å². The van der Waals surface area contributed by atoms with Gasteiger partial charge < -0.3 is 5.32 Å². The molecule has 0 atom stereocenters. The molecular formula is C9H11ClN2. The molecule has 0 bridgehead atoms. The standard InChI is InChI=1S/C9H11ClN2/c1-7(2)5-12-9-3-4-11-6-8(9)10/h3-4,6H,1,5H2,2H3,(H,11,12). The minimum absolute atomic E-state index is 0.638. The maximum Gasteiger partial charge on any atom is 0.0820 e. The lowest BCUT2D eigenvalue weighted by Crippen LogP contribution is -2.02. The number of nitrogens with zero attached hydrogens (tertiary/aromatic N) is 1. The monoisotopic (exact) mass is 182 g/mol. The molecule has 3 heteroatoms. The van der Waals surface area contributed by atoms with Crippen LogP contribution in [-0.4, -0.2) is 11.5 Å². The van der Waals surface area contributed by atoms with Gasteiger partial charge in [-0.25, -0.2) is 0 Å². The number of hydrogen-bond acceptors (Lipinski definition) is 2. The predicted octanol–water partition coefficient (Wildman–Crippen LogP) is 2.72. The summed E-state index contributed by atoms with van der Waals surface area (Å²) in [6.07, 6.45) is 3.31. The molecule has 0 aliphatic heterocycles. The molecule has 0 saturated heterocycles. The zero-order valence-electron chi connectivity index (χ0n) is 6.97. The molecule has 0 spiro atoms. The molecule has 0 unspecified atom stereocenters. The van der Waals surface area contributed by atoms with Gasteiger partial charge >= 0.3 is 0 Å². The molecule has 1 rings (SSSR count). The maximum atomic E-state index is 5.85. The van der Waals surface area contributed by atoms with Crippen LogP contribution < -0.4 is 5.32 Å². The summed E-state index contributed by atoms with van der Waals surface area (Å²) in [5, 5.41) is 3.78. The van der Waals surface area contributed by atoms with Crippen molar-refractivity contribution in [1.82, 2.24) is 4.98 Å². The summed E-state index contributed by atoms with van der Waals surface area (Å²) in [4.78, 5) is 3.88. The van der Waals surface area contributed by atoms with Crippen LogP contribution in [-0.2, 0) is 0 Å². The van der Waals surface area contributed by atoms with E-state index < -0.39 is 0 Å². The van der Waals surface area contributed by atoms with Crippen molar-refractivity contribution in [3.63, 3.8) is 0 Å². The SMILES string of the molecule is C=C(C)CNc1ccncc1Cl. The van der Waals surface area contributed by atoms with Crippen molar-refractivity contribution >= 4 is 17.3 Å². The van der Waals surface area contributed by atoms with Gasteiger partial charge in [-0.1, -0.05) is 23.8 Å². The van der Waals surface area contributed by atoms with Crippen LogP contribution in [0, 0.1) is 0 Å². The highest BCUT2D eigenvalue weighted by molar-refractivity contribution is 6.33.